The maximum absolute atomic E-state index is 8.86. The van der Waals surface area contributed by atoms with Crippen LogP contribution in [0, 0.1) is 6.92 Å². The Morgan fingerprint density at radius 2 is 2.17 bits per heavy atom. The molecule has 0 spiro atoms. The van der Waals surface area contributed by atoms with Gasteiger partial charge in [-0.1, -0.05) is 0 Å². The molecular weight excluding hydrogens is 246 g/mol. The summed E-state index contributed by atoms with van der Waals surface area (Å²) >= 11 is 1.67. The normalized spacial score (nSPS) is 11.1. The van der Waals surface area contributed by atoms with E-state index in [1.807, 2.05) is 0 Å². The standard InChI is InChI=1S/C13H19N3OS/c1-3-16(6-4-5-7-17)12-11-10(2)8-18-13(11)15-9-14-12/h8-9,17H,3-7H2,1-2H3. The number of fused-ring (bicyclic) bond motifs is 1. The molecule has 0 aliphatic carbocycles. The van der Waals surface area contributed by atoms with Crippen molar-refractivity contribution in [3.8, 4) is 0 Å². The summed E-state index contributed by atoms with van der Waals surface area (Å²) in [4.78, 5) is 12.1. The van der Waals surface area contributed by atoms with Crippen LogP contribution in [0.25, 0.3) is 10.2 Å². The van der Waals surface area contributed by atoms with Crippen LogP contribution in [0.1, 0.15) is 25.3 Å². The molecule has 18 heavy (non-hydrogen) atoms. The summed E-state index contributed by atoms with van der Waals surface area (Å²) in [5, 5.41) is 12.2. The van der Waals surface area contributed by atoms with Crippen LogP contribution in [-0.2, 0) is 0 Å². The molecule has 4 nitrogen and oxygen atoms in total. The number of anilines is 1. The fourth-order valence-electron chi connectivity index (χ4n) is 2.07. The summed E-state index contributed by atoms with van der Waals surface area (Å²) in [5.41, 5.74) is 1.24. The highest BCUT2D eigenvalue weighted by atomic mass is 32.1. The predicted octanol–water partition coefficient (Wildman–Crippen LogP) is 2.60. The largest absolute Gasteiger partial charge is 0.396 e. The molecule has 0 amide bonds. The van der Waals surface area contributed by atoms with E-state index in [4.69, 9.17) is 5.11 Å². The van der Waals surface area contributed by atoms with E-state index in [0.29, 0.717) is 0 Å². The lowest BCUT2D eigenvalue weighted by Crippen LogP contribution is -2.25. The first-order valence-electron chi connectivity index (χ1n) is 6.32. The second kappa shape index (κ2) is 6.11. The van der Waals surface area contributed by atoms with E-state index in [0.717, 1.165) is 36.6 Å². The van der Waals surface area contributed by atoms with E-state index in [1.54, 1.807) is 17.7 Å². The smallest absolute Gasteiger partial charge is 0.141 e. The summed E-state index contributed by atoms with van der Waals surface area (Å²) < 4.78 is 0. The Morgan fingerprint density at radius 3 is 2.89 bits per heavy atom. The second-order valence-corrected chi connectivity index (χ2v) is 5.16. The molecule has 1 N–H and O–H groups in total. The molecule has 2 aromatic rings. The van der Waals surface area contributed by atoms with E-state index in [9.17, 15) is 0 Å². The SMILES string of the molecule is CCN(CCCCO)c1ncnc2scc(C)c12. The zero-order valence-electron chi connectivity index (χ0n) is 10.9. The second-order valence-electron chi connectivity index (χ2n) is 4.31. The maximum Gasteiger partial charge on any atom is 0.141 e. The molecule has 2 rings (SSSR count). The third-order valence-electron chi connectivity index (χ3n) is 3.05. The van der Waals surface area contributed by atoms with E-state index < -0.39 is 0 Å². The lowest BCUT2D eigenvalue weighted by molar-refractivity contribution is 0.285. The van der Waals surface area contributed by atoms with Gasteiger partial charge in [-0.05, 0) is 37.6 Å². The van der Waals surface area contributed by atoms with Crippen molar-refractivity contribution >= 4 is 27.4 Å². The quantitative estimate of drug-likeness (QED) is 0.816. The Morgan fingerprint density at radius 1 is 1.33 bits per heavy atom. The lowest BCUT2D eigenvalue weighted by Gasteiger charge is -2.22. The average molecular weight is 265 g/mol. The number of hydrogen-bond acceptors (Lipinski definition) is 5. The van der Waals surface area contributed by atoms with E-state index in [2.05, 4.69) is 34.1 Å². The van der Waals surface area contributed by atoms with Gasteiger partial charge in [0.05, 0.1) is 5.39 Å². The van der Waals surface area contributed by atoms with Gasteiger partial charge in [0, 0.05) is 19.7 Å². The number of hydrogen-bond donors (Lipinski definition) is 1. The molecule has 0 aliphatic rings. The Hall–Kier alpha value is -1.20. The molecule has 5 heteroatoms. The van der Waals surface area contributed by atoms with Crippen molar-refractivity contribution in [2.45, 2.75) is 26.7 Å². The Kier molecular flexibility index (Phi) is 4.49. The topological polar surface area (TPSA) is 49.2 Å². The summed E-state index contributed by atoms with van der Waals surface area (Å²) in [6.45, 7) is 6.35. The first-order valence-corrected chi connectivity index (χ1v) is 7.20. The Bertz CT molecular complexity index is 512. The molecule has 0 atom stereocenters. The molecule has 0 saturated carbocycles. The zero-order chi connectivity index (χ0) is 13.0. The highest BCUT2D eigenvalue weighted by molar-refractivity contribution is 7.17. The van der Waals surface area contributed by atoms with Crippen molar-refractivity contribution in [3.05, 3.63) is 17.3 Å². The number of aliphatic hydroxyl groups excluding tert-OH is 1. The third-order valence-corrected chi connectivity index (χ3v) is 4.06. The van der Waals surface area contributed by atoms with Gasteiger partial charge < -0.3 is 10.0 Å². The van der Waals surface area contributed by atoms with Gasteiger partial charge in [0.2, 0.25) is 0 Å². The number of rotatable bonds is 6. The van der Waals surface area contributed by atoms with Crippen LogP contribution >= 0.6 is 11.3 Å². The number of thiophene rings is 1. The number of aryl methyl sites for hydroxylation is 1. The summed E-state index contributed by atoms with van der Waals surface area (Å²) in [6.07, 6.45) is 3.47. The Balaban J connectivity index is 2.29. The van der Waals surface area contributed by atoms with Crippen LogP contribution < -0.4 is 4.90 Å². The average Bonchev–Trinajstić information content (AvgIpc) is 2.77. The van der Waals surface area contributed by atoms with Crippen molar-refractivity contribution in [2.75, 3.05) is 24.6 Å². The van der Waals surface area contributed by atoms with Crippen molar-refractivity contribution in [1.82, 2.24) is 9.97 Å². The molecule has 0 unspecified atom stereocenters. The third kappa shape index (κ3) is 2.62. The summed E-state index contributed by atoms with van der Waals surface area (Å²) in [7, 11) is 0. The molecule has 0 bridgehead atoms. The molecule has 0 aliphatic heterocycles. The Labute approximate surface area is 111 Å². The number of unbranched alkanes of at least 4 members (excludes halogenated alkanes) is 1. The van der Waals surface area contributed by atoms with Crippen LogP contribution in [-0.4, -0.2) is 34.8 Å². The minimum Gasteiger partial charge on any atom is -0.396 e. The molecular formula is C13H19N3OS. The minimum absolute atomic E-state index is 0.258. The highest BCUT2D eigenvalue weighted by Gasteiger charge is 2.13. The van der Waals surface area contributed by atoms with Gasteiger partial charge in [0.15, 0.2) is 0 Å². The summed E-state index contributed by atoms with van der Waals surface area (Å²) in [5.74, 6) is 1.03. The van der Waals surface area contributed by atoms with E-state index >= 15 is 0 Å². The molecule has 0 aromatic carbocycles. The predicted molar refractivity (Wildman–Crippen MR) is 76.4 cm³/mol. The maximum atomic E-state index is 8.86. The van der Waals surface area contributed by atoms with Crippen molar-refractivity contribution in [3.63, 3.8) is 0 Å². The van der Waals surface area contributed by atoms with Crippen LogP contribution in [0.3, 0.4) is 0 Å². The highest BCUT2D eigenvalue weighted by Crippen LogP contribution is 2.30. The number of aromatic nitrogens is 2. The van der Waals surface area contributed by atoms with Gasteiger partial charge in [-0.3, -0.25) is 0 Å². The number of aliphatic hydroxyl groups is 1. The van der Waals surface area contributed by atoms with Gasteiger partial charge in [0.25, 0.3) is 0 Å². The summed E-state index contributed by atoms with van der Waals surface area (Å²) in [6, 6.07) is 0. The van der Waals surface area contributed by atoms with Gasteiger partial charge in [-0.15, -0.1) is 11.3 Å². The molecule has 0 saturated heterocycles. The fraction of sp³-hybridized carbons (Fsp3) is 0.538. The van der Waals surface area contributed by atoms with Crippen LogP contribution in [0.2, 0.25) is 0 Å². The van der Waals surface area contributed by atoms with Crippen LogP contribution in [0.5, 0.6) is 0 Å². The monoisotopic (exact) mass is 265 g/mol. The van der Waals surface area contributed by atoms with E-state index in [-0.39, 0.29) is 6.61 Å². The van der Waals surface area contributed by atoms with Gasteiger partial charge in [-0.2, -0.15) is 0 Å². The first-order chi connectivity index (χ1) is 8.77. The molecule has 0 fully saturated rings. The molecule has 98 valence electrons. The molecule has 2 heterocycles. The first kappa shape index (κ1) is 13.2. The lowest BCUT2D eigenvalue weighted by atomic mass is 10.2. The van der Waals surface area contributed by atoms with Crippen LogP contribution in [0.4, 0.5) is 5.82 Å². The van der Waals surface area contributed by atoms with Crippen molar-refractivity contribution in [1.29, 1.82) is 0 Å². The minimum atomic E-state index is 0.258. The van der Waals surface area contributed by atoms with E-state index in [1.165, 1.54) is 10.9 Å². The molecule has 2 aromatic heterocycles. The van der Waals surface area contributed by atoms with Crippen LogP contribution in [0.15, 0.2) is 11.7 Å². The van der Waals surface area contributed by atoms with Crippen molar-refractivity contribution in [2.24, 2.45) is 0 Å². The van der Waals surface area contributed by atoms with Crippen molar-refractivity contribution < 1.29 is 5.11 Å². The zero-order valence-corrected chi connectivity index (χ0v) is 11.7. The number of nitrogens with zero attached hydrogens (tertiary/aromatic N) is 3. The molecule has 0 radical (unpaired) electrons. The van der Waals surface area contributed by atoms with Gasteiger partial charge in [-0.25, -0.2) is 9.97 Å². The van der Waals surface area contributed by atoms with Gasteiger partial charge in [0.1, 0.15) is 17.0 Å². The van der Waals surface area contributed by atoms with Gasteiger partial charge >= 0.3 is 0 Å². The fourth-order valence-corrected chi connectivity index (χ4v) is 2.95.